The molecule has 5 heteroatoms. The zero-order valence-electron chi connectivity index (χ0n) is 13.2. The first-order valence-corrected chi connectivity index (χ1v) is 7.68. The SMILES string of the molecule is CCCNc1cc(C(=O)N(CCOC)C2CC2)cc(C)n1. The summed E-state index contributed by atoms with van der Waals surface area (Å²) in [5.41, 5.74) is 1.58. The molecule has 1 amide bonds. The molecule has 2 rings (SSSR count). The van der Waals surface area contributed by atoms with Gasteiger partial charge < -0.3 is 15.0 Å². The van der Waals surface area contributed by atoms with Crippen LogP contribution in [0.1, 0.15) is 42.2 Å². The summed E-state index contributed by atoms with van der Waals surface area (Å²) in [6.07, 6.45) is 3.22. The predicted molar refractivity (Wildman–Crippen MR) is 83.7 cm³/mol. The fourth-order valence-corrected chi connectivity index (χ4v) is 2.33. The Labute approximate surface area is 126 Å². The van der Waals surface area contributed by atoms with Gasteiger partial charge in [0.1, 0.15) is 5.82 Å². The molecule has 0 unspecified atom stereocenters. The molecule has 1 heterocycles. The maximum atomic E-state index is 12.7. The molecule has 0 aromatic carbocycles. The average Bonchev–Trinajstić information content (AvgIpc) is 3.29. The van der Waals surface area contributed by atoms with Gasteiger partial charge >= 0.3 is 0 Å². The summed E-state index contributed by atoms with van der Waals surface area (Å²) in [6, 6.07) is 4.10. The lowest BCUT2D eigenvalue weighted by atomic mass is 10.2. The maximum Gasteiger partial charge on any atom is 0.254 e. The summed E-state index contributed by atoms with van der Waals surface area (Å²) in [5.74, 6) is 0.863. The van der Waals surface area contributed by atoms with Gasteiger partial charge in [0.15, 0.2) is 0 Å². The van der Waals surface area contributed by atoms with E-state index in [9.17, 15) is 4.79 Å². The van der Waals surface area contributed by atoms with Crippen LogP contribution in [-0.2, 0) is 4.74 Å². The van der Waals surface area contributed by atoms with E-state index >= 15 is 0 Å². The van der Waals surface area contributed by atoms with Gasteiger partial charge in [-0.3, -0.25) is 4.79 Å². The molecule has 0 atom stereocenters. The van der Waals surface area contributed by atoms with Crippen LogP contribution in [-0.4, -0.2) is 48.6 Å². The molecule has 0 aliphatic heterocycles. The molecule has 5 nitrogen and oxygen atoms in total. The lowest BCUT2D eigenvalue weighted by molar-refractivity contribution is 0.0680. The molecule has 0 radical (unpaired) electrons. The van der Waals surface area contributed by atoms with Crippen molar-refractivity contribution in [3.05, 3.63) is 23.4 Å². The van der Waals surface area contributed by atoms with Gasteiger partial charge in [-0.25, -0.2) is 4.98 Å². The van der Waals surface area contributed by atoms with Crippen LogP contribution in [0.4, 0.5) is 5.82 Å². The molecule has 21 heavy (non-hydrogen) atoms. The zero-order valence-corrected chi connectivity index (χ0v) is 13.2. The minimum Gasteiger partial charge on any atom is -0.383 e. The molecule has 116 valence electrons. The Kier molecular flexibility index (Phi) is 5.56. The third kappa shape index (κ3) is 4.43. The van der Waals surface area contributed by atoms with Crippen molar-refractivity contribution < 1.29 is 9.53 Å². The maximum absolute atomic E-state index is 12.7. The highest BCUT2D eigenvalue weighted by Gasteiger charge is 2.32. The number of nitrogens with zero attached hydrogens (tertiary/aromatic N) is 2. The Morgan fingerprint density at radius 2 is 2.24 bits per heavy atom. The monoisotopic (exact) mass is 291 g/mol. The van der Waals surface area contributed by atoms with Crippen LogP contribution in [0, 0.1) is 6.92 Å². The number of nitrogens with one attached hydrogen (secondary N) is 1. The van der Waals surface area contributed by atoms with Crippen molar-refractivity contribution in [1.29, 1.82) is 0 Å². The molecule has 0 spiro atoms. The summed E-state index contributed by atoms with van der Waals surface area (Å²) < 4.78 is 5.12. The number of aryl methyl sites for hydroxylation is 1. The van der Waals surface area contributed by atoms with Gasteiger partial charge in [-0.05, 0) is 38.3 Å². The number of hydrogen-bond donors (Lipinski definition) is 1. The molecule has 1 saturated carbocycles. The van der Waals surface area contributed by atoms with Crippen molar-refractivity contribution in [2.45, 2.75) is 39.2 Å². The number of carbonyl (C=O) groups is 1. The van der Waals surface area contributed by atoms with Crippen molar-refractivity contribution in [2.75, 3.05) is 32.1 Å². The van der Waals surface area contributed by atoms with Crippen LogP contribution in [0.3, 0.4) is 0 Å². The molecule has 1 aliphatic carbocycles. The third-order valence-corrected chi connectivity index (χ3v) is 3.54. The summed E-state index contributed by atoms with van der Waals surface area (Å²) in [4.78, 5) is 19.1. The Balaban J connectivity index is 2.14. The molecular formula is C16H25N3O2. The van der Waals surface area contributed by atoms with E-state index in [0.717, 1.165) is 37.3 Å². The number of hydrogen-bond acceptors (Lipinski definition) is 4. The van der Waals surface area contributed by atoms with E-state index in [4.69, 9.17) is 4.74 Å². The lowest BCUT2D eigenvalue weighted by Gasteiger charge is -2.22. The van der Waals surface area contributed by atoms with Crippen molar-refractivity contribution >= 4 is 11.7 Å². The normalized spacial score (nSPS) is 14.0. The van der Waals surface area contributed by atoms with E-state index < -0.39 is 0 Å². The number of rotatable bonds is 8. The summed E-state index contributed by atoms with van der Waals surface area (Å²) >= 11 is 0. The first kappa shape index (κ1) is 15.8. The van der Waals surface area contributed by atoms with Crippen LogP contribution in [0.2, 0.25) is 0 Å². The van der Waals surface area contributed by atoms with Crippen LogP contribution in [0.25, 0.3) is 0 Å². The van der Waals surface area contributed by atoms with Gasteiger partial charge in [0.25, 0.3) is 5.91 Å². The summed E-state index contributed by atoms with van der Waals surface area (Å²) in [5, 5.41) is 3.25. The lowest BCUT2D eigenvalue weighted by Crippen LogP contribution is -2.36. The van der Waals surface area contributed by atoms with Gasteiger partial charge in [-0.1, -0.05) is 6.92 Å². The topological polar surface area (TPSA) is 54.5 Å². The second-order valence-electron chi connectivity index (χ2n) is 5.53. The van der Waals surface area contributed by atoms with Gasteiger partial charge in [-0.15, -0.1) is 0 Å². The van der Waals surface area contributed by atoms with E-state index in [0.29, 0.717) is 24.8 Å². The quantitative estimate of drug-likeness (QED) is 0.799. The van der Waals surface area contributed by atoms with E-state index in [2.05, 4.69) is 17.2 Å². The third-order valence-electron chi connectivity index (χ3n) is 3.54. The van der Waals surface area contributed by atoms with Crippen molar-refractivity contribution in [1.82, 2.24) is 9.88 Å². The van der Waals surface area contributed by atoms with Crippen molar-refractivity contribution in [3.63, 3.8) is 0 Å². The molecule has 1 aromatic heterocycles. The number of aromatic nitrogens is 1. The number of anilines is 1. The van der Waals surface area contributed by atoms with Crippen molar-refractivity contribution in [2.24, 2.45) is 0 Å². The molecule has 0 saturated heterocycles. The predicted octanol–water partition coefficient (Wildman–Crippen LogP) is 2.46. The highest BCUT2D eigenvalue weighted by Crippen LogP contribution is 2.28. The molecule has 1 N–H and O–H groups in total. The average molecular weight is 291 g/mol. The van der Waals surface area contributed by atoms with E-state index in [1.54, 1.807) is 7.11 Å². The van der Waals surface area contributed by atoms with Crippen LogP contribution in [0.15, 0.2) is 12.1 Å². The van der Waals surface area contributed by atoms with E-state index in [1.165, 1.54) is 0 Å². The van der Waals surface area contributed by atoms with Gasteiger partial charge in [-0.2, -0.15) is 0 Å². The Bertz CT molecular complexity index is 486. The highest BCUT2D eigenvalue weighted by molar-refractivity contribution is 5.95. The zero-order chi connectivity index (χ0) is 15.2. The Morgan fingerprint density at radius 3 is 2.86 bits per heavy atom. The standard InChI is InChI=1S/C16H25N3O2/c1-4-7-17-15-11-13(10-12(2)18-15)16(20)19(8-9-21-3)14-5-6-14/h10-11,14H,4-9H2,1-3H3,(H,17,18). The van der Waals surface area contributed by atoms with Gasteiger partial charge in [0.05, 0.1) is 6.61 Å². The van der Waals surface area contributed by atoms with Crippen molar-refractivity contribution in [3.8, 4) is 0 Å². The Morgan fingerprint density at radius 1 is 1.48 bits per heavy atom. The van der Waals surface area contributed by atoms with E-state index in [-0.39, 0.29) is 5.91 Å². The summed E-state index contributed by atoms with van der Waals surface area (Å²) in [6.45, 7) is 6.12. The minimum absolute atomic E-state index is 0.0830. The second-order valence-corrected chi connectivity index (χ2v) is 5.53. The number of ether oxygens (including phenoxy) is 1. The first-order valence-electron chi connectivity index (χ1n) is 7.68. The smallest absolute Gasteiger partial charge is 0.254 e. The number of pyridine rings is 1. The van der Waals surface area contributed by atoms with Crippen LogP contribution in [0.5, 0.6) is 0 Å². The number of amides is 1. The van der Waals surface area contributed by atoms with Crippen LogP contribution < -0.4 is 5.32 Å². The fraction of sp³-hybridized carbons (Fsp3) is 0.625. The Hall–Kier alpha value is -1.62. The van der Waals surface area contributed by atoms with Gasteiger partial charge in [0.2, 0.25) is 0 Å². The van der Waals surface area contributed by atoms with E-state index in [1.807, 2.05) is 24.0 Å². The number of methoxy groups -OCH3 is 1. The molecule has 0 bridgehead atoms. The number of carbonyl (C=O) groups excluding carboxylic acids is 1. The van der Waals surface area contributed by atoms with Crippen LogP contribution >= 0.6 is 0 Å². The fourth-order valence-electron chi connectivity index (χ4n) is 2.33. The molecule has 1 aliphatic rings. The first-order chi connectivity index (χ1) is 10.2. The highest BCUT2D eigenvalue weighted by atomic mass is 16.5. The summed E-state index contributed by atoms with van der Waals surface area (Å²) in [7, 11) is 1.67. The largest absolute Gasteiger partial charge is 0.383 e. The minimum atomic E-state index is 0.0830. The molecule has 1 fully saturated rings. The molecular weight excluding hydrogens is 266 g/mol. The van der Waals surface area contributed by atoms with Gasteiger partial charge in [0, 0.05) is 37.5 Å². The second kappa shape index (κ2) is 7.41. The molecule has 1 aromatic rings.